The van der Waals surface area contributed by atoms with Gasteiger partial charge in [0.15, 0.2) is 15.5 Å². The lowest BCUT2D eigenvalue weighted by atomic mass is 10.5. The molecule has 0 amide bonds. The molecule has 13 heavy (non-hydrogen) atoms. The molecule has 0 fully saturated rings. The highest BCUT2D eigenvalue weighted by Crippen LogP contribution is 2.28. The van der Waals surface area contributed by atoms with Gasteiger partial charge in [-0.25, -0.2) is 9.97 Å². The van der Waals surface area contributed by atoms with Crippen molar-refractivity contribution in [1.82, 2.24) is 15.0 Å². The van der Waals surface area contributed by atoms with Crippen LogP contribution in [0, 0.1) is 0 Å². The Bertz CT molecular complexity index is 427. The van der Waals surface area contributed by atoms with E-state index in [2.05, 4.69) is 20.3 Å². The number of hydrogen-bond acceptors (Lipinski definition) is 6. The van der Waals surface area contributed by atoms with E-state index in [1.807, 2.05) is 7.05 Å². The molecule has 0 saturated heterocycles. The van der Waals surface area contributed by atoms with Gasteiger partial charge in [0.25, 0.3) is 0 Å². The van der Waals surface area contributed by atoms with Gasteiger partial charge in [-0.3, -0.25) is 0 Å². The number of aromatic nitrogens is 3. The fourth-order valence-electron chi connectivity index (χ4n) is 0.990. The van der Waals surface area contributed by atoms with E-state index >= 15 is 0 Å². The molecule has 2 heterocycles. The maximum Gasteiger partial charge on any atom is 0.244 e. The molecule has 5 nitrogen and oxygen atoms in total. The van der Waals surface area contributed by atoms with Gasteiger partial charge in [0.05, 0.1) is 7.11 Å². The number of nitrogens with one attached hydrogen (secondary N) is 1. The van der Waals surface area contributed by atoms with E-state index < -0.39 is 0 Å². The molecular weight excluding hydrogens is 188 g/mol. The van der Waals surface area contributed by atoms with Crippen LogP contribution in [0.5, 0.6) is 5.88 Å². The maximum atomic E-state index is 5.05. The van der Waals surface area contributed by atoms with Gasteiger partial charge in [0.1, 0.15) is 6.33 Å². The third-order valence-corrected chi connectivity index (χ3v) is 2.55. The van der Waals surface area contributed by atoms with E-state index in [1.165, 1.54) is 17.7 Å². The summed E-state index contributed by atoms with van der Waals surface area (Å²) < 4.78 is 5.05. The maximum absolute atomic E-state index is 5.05. The van der Waals surface area contributed by atoms with Crippen molar-refractivity contribution in [2.75, 3.05) is 19.5 Å². The number of rotatable bonds is 2. The zero-order chi connectivity index (χ0) is 9.26. The summed E-state index contributed by atoms with van der Waals surface area (Å²) in [7, 11) is 3.39. The molecule has 68 valence electrons. The second-order valence-corrected chi connectivity index (χ2v) is 3.28. The largest absolute Gasteiger partial charge is 0.479 e. The fourth-order valence-corrected chi connectivity index (χ4v) is 1.74. The van der Waals surface area contributed by atoms with E-state index in [0.717, 1.165) is 9.96 Å². The highest BCUT2D eigenvalue weighted by Gasteiger charge is 2.09. The van der Waals surface area contributed by atoms with Gasteiger partial charge in [-0.1, -0.05) is 11.3 Å². The number of nitrogens with zero attached hydrogens (tertiary/aromatic N) is 3. The molecule has 0 aliphatic heterocycles. The van der Waals surface area contributed by atoms with E-state index in [4.69, 9.17) is 4.74 Å². The number of fused-ring (bicyclic) bond motifs is 1. The SMILES string of the molecule is CNc1nc2c(OC)ncnc2s1. The molecule has 0 aromatic carbocycles. The Morgan fingerprint density at radius 2 is 2.31 bits per heavy atom. The molecule has 0 saturated carbocycles. The Kier molecular flexibility index (Phi) is 1.97. The first-order valence-electron chi connectivity index (χ1n) is 3.68. The predicted octanol–water partition coefficient (Wildman–Crippen LogP) is 1.14. The second-order valence-electron chi connectivity index (χ2n) is 2.31. The monoisotopic (exact) mass is 196 g/mol. The van der Waals surface area contributed by atoms with E-state index in [0.29, 0.717) is 11.4 Å². The summed E-state index contributed by atoms with van der Waals surface area (Å²) in [5.74, 6) is 0.516. The van der Waals surface area contributed by atoms with Crippen molar-refractivity contribution in [3.63, 3.8) is 0 Å². The van der Waals surface area contributed by atoms with Gasteiger partial charge in [0, 0.05) is 7.05 Å². The lowest BCUT2D eigenvalue weighted by Crippen LogP contribution is -1.90. The van der Waals surface area contributed by atoms with Crippen LogP contribution in [0.1, 0.15) is 0 Å². The van der Waals surface area contributed by atoms with Crippen LogP contribution >= 0.6 is 11.3 Å². The molecule has 0 unspecified atom stereocenters. The molecular formula is C7H8N4OS. The zero-order valence-electron chi connectivity index (χ0n) is 7.24. The number of thiazole rings is 1. The fraction of sp³-hybridized carbons (Fsp3) is 0.286. The van der Waals surface area contributed by atoms with Crippen LogP contribution in [0.3, 0.4) is 0 Å². The summed E-state index contributed by atoms with van der Waals surface area (Å²) in [6, 6.07) is 0. The Balaban J connectivity index is 2.67. The lowest BCUT2D eigenvalue weighted by Gasteiger charge is -1.95. The average molecular weight is 196 g/mol. The first-order chi connectivity index (χ1) is 6.35. The van der Waals surface area contributed by atoms with Crippen LogP contribution in [0.15, 0.2) is 6.33 Å². The van der Waals surface area contributed by atoms with Crippen molar-refractivity contribution >= 4 is 26.8 Å². The van der Waals surface area contributed by atoms with Crippen molar-refractivity contribution in [2.45, 2.75) is 0 Å². The lowest BCUT2D eigenvalue weighted by molar-refractivity contribution is 0.402. The van der Waals surface area contributed by atoms with Crippen LogP contribution in [-0.2, 0) is 0 Å². The Morgan fingerprint density at radius 1 is 1.46 bits per heavy atom. The summed E-state index contributed by atoms with van der Waals surface area (Å²) >= 11 is 1.47. The number of hydrogen-bond donors (Lipinski definition) is 1. The molecule has 0 aliphatic carbocycles. The van der Waals surface area contributed by atoms with Crippen molar-refractivity contribution in [3.05, 3.63) is 6.33 Å². The van der Waals surface area contributed by atoms with E-state index in [-0.39, 0.29) is 0 Å². The highest BCUT2D eigenvalue weighted by atomic mass is 32.1. The van der Waals surface area contributed by atoms with Crippen molar-refractivity contribution in [3.8, 4) is 5.88 Å². The summed E-state index contributed by atoms with van der Waals surface area (Å²) in [5, 5.41) is 3.77. The van der Waals surface area contributed by atoms with Gasteiger partial charge in [-0.2, -0.15) is 4.98 Å². The minimum absolute atomic E-state index is 0.516. The third kappa shape index (κ3) is 1.29. The molecule has 0 bridgehead atoms. The zero-order valence-corrected chi connectivity index (χ0v) is 8.05. The molecule has 2 aromatic rings. The summed E-state index contributed by atoms with van der Waals surface area (Å²) in [6.07, 6.45) is 1.47. The molecule has 6 heteroatoms. The molecule has 1 N–H and O–H groups in total. The van der Waals surface area contributed by atoms with E-state index in [9.17, 15) is 0 Å². The van der Waals surface area contributed by atoms with Crippen molar-refractivity contribution in [2.24, 2.45) is 0 Å². The van der Waals surface area contributed by atoms with Gasteiger partial charge < -0.3 is 10.1 Å². The molecule has 0 aliphatic rings. The standard InChI is InChI=1S/C7H8N4OS/c1-8-7-11-4-5(12-2)9-3-10-6(4)13-7/h3H,1-2H3,(H,8,11). The van der Waals surface area contributed by atoms with Gasteiger partial charge in [-0.05, 0) is 0 Å². The molecule has 0 spiro atoms. The Labute approximate surface area is 78.8 Å². The molecule has 0 radical (unpaired) electrons. The molecule has 2 aromatic heterocycles. The first-order valence-corrected chi connectivity index (χ1v) is 4.50. The second kappa shape index (κ2) is 3.14. The Morgan fingerprint density at radius 3 is 3.00 bits per heavy atom. The summed E-state index contributed by atoms with van der Waals surface area (Å²) in [4.78, 5) is 13.1. The first kappa shape index (κ1) is 8.18. The summed E-state index contributed by atoms with van der Waals surface area (Å²) in [6.45, 7) is 0. The van der Waals surface area contributed by atoms with Crippen LogP contribution in [-0.4, -0.2) is 29.1 Å². The van der Waals surface area contributed by atoms with Crippen LogP contribution in [0.4, 0.5) is 5.13 Å². The number of methoxy groups -OCH3 is 1. The van der Waals surface area contributed by atoms with Gasteiger partial charge in [0.2, 0.25) is 5.88 Å². The number of anilines is 1. The van der Waals surface area contributed by atoms with E-state index in [1.54, 1.807) is 7.11 Å². The van der Waals surface area contributed by atoms with Crippen molar-refractivity contribution < 1.29 is 4.74 Å². The predicted molar refractivity (Wildman–Crippen MR) is 51.3 cm³/mol. The third-order valence-electron chi connectivity index (χ3n) is 1.57. The smallest absolute Gasteiger partial charge is 0.244 e. The van der Waals surface area contributed by atoms with Crippen LogP contribution in [0.2, 0.25) is 0 Å². The van der Waals surface area contributed by atoms with Crippen LogP contribution in [0.25, 0.3) is 10.3 Å². The van der Waals surface area contributed by atoms with Gasteiger partial charge in [-0.15, -0.1) is 0 Å². The number of ether oxygens (including phenoxy) is 1. The van der Waals surface area contributed by atoms with Crippen LogP contribution < -0.4 is 10.1 Å². The molecule has 2 rings (SSSR count). The average Bonchev–Trinajstić information content (AvgIpc) is 2.59. The minimum atomic E-state index is 0.516. The Hall–Kier alpha value is -1.43. The summed E-state index contributed by atoms with van der Waals surface area (Å²) in [5.41, 5.74) is 0.708. The van der Waals surface area contributed by atoms with Crippen molar-refractivity contribution in [1.29, 1.82) is 0 Å². The van der Waals surface area contributed by atoms with Gasteiger partial charge >= 0.3 is 0 Å². The normalized spacial score (nSPS) is 10.3. The molecule has 0 atom stereocenters. The highest BCUT2D eigenvalue weighted by molar-refractivity contribution is 7.21. The topological polar surface area (TPSA) is 59.9 Å². The minimum Gasteiger partial charge on any atom is -0.479 e. The quantitative estimate of drug-likeness (QED) is 0.780.